The zero-order valence-electron chi connectivity index (χ0n) is 11.7. The Balaban J connectivity index is 1.76. The van der Waals surface area contributed by atoms with Crippen LogP contribution in [0.15, 0.2) is 10.5 Å². The molecule has 0 aromatic carbocycles. The molecule has 0 spiro atoms. The first-order valence-corrected chi connectivity index (χ1v) is 7.09. The summed E-state index contributed by atoms with van der Waals surface area (Å²) in [5, 5.41) is 12.3. The highest BCUT2D eigenvalue weighted by molar-refractivity contribution is 5.86. The van der Waals surface area contributed by atoms with E-state index in [4.69, 9.17) is 9.52 Å². The van der Waals surface area contributed by atoms with Crippen molar-refractivity contribution in [3.63, 3.8) is 0 Å². The molecular formula is C15H23NO3. The number of hydrogen-bond donors (Lipinski definition) is 2. The van der Waals surface area contributed by atoms with E-state index in [2.05, 4.69) is 12.2 Å². The Hall–Kier alpha value is -1.29. The van der Waals surface area contributed by atoms with E-state index in [-0.39, 0.29) is 5.76 Å². The van der Waals surface area contributed by atoms with Gasteiger partial charge >= 0.3 is 5.97 Å². The lowest BCUT2D eigenvalue weighted by atomic mass is 9.83. The number of furan rings is 1. The highest BCUT2D eigenvalue weighted by Gasteiger charge is 2.18. The topological polar surface area (TPSA) is 62.5 Å². The number of carboxylic acids is 1. The molecule has 1 heterocycles. The van der Waals surface area contributed by atoms with E-state index in [1.807, 2.05) is 0 Å². The van der Waals surface area contributed by atoms with Crippen molar-refractivity contribution in [2.75, 3.05) is 6.54 Å². The molecule has 0 unspecified atom stereocenters. The fourth-order valence-corrected chi connectivity index (χ4v) is 2.78. The van der Waals surface area contributed by atoms with Gasteiger partial charge < -0.3 is 14.8 Å². The van der Waals surface area contributed by atoms with E-state index in [1.165, 1.54) is 25.7 Å². The first kappa shape index (κ1) is 14.1. The van der Waals surface area contributed by atoms with Crippen LogP contribution in [-0.4, -0.2) is 17.6 Å². The Morgan fingerprint density at radius 2 is 2.11 bits per heavy atom. The van der Waals surface area contributed by atoms with Crippen LogP contribution in [0.5, 0.6) is 0 Å². The van der Waals surface area contributed by atoms with Gasteiger partial charge in [0.25, 0.3) is 0 Å². The summed E-state index contributed by atoms with van der Waals surface area (Å²) >= 11 is 0. The molecular weight excluding hydrogens is 242 g/mol. The molecule has 4 heteroatoms. The molecule has 1 aromatic heterocycles. The van der Waals surface area contributed by atoms with E-state index < -0.39 is 5.97 Å². The van der Waals surface area contributed by atoms with E-state index in [0.717, 1.165) is 18.4 Å². The van der Waals surface area contributed by atoms with Crippen LogP contribution in [0.25, 0.3) is 0 Å². The number of carbonyl (C=O) groups is 1. The number of aromatic carboxylic acids is 1. The third-order valence-electron chi connectivity index (χ3n) is 4.03. The first-order valence-electron chi connectivity index (χ1n) is 7.09. The second-order valence-electron chi connectivity index (χ2n) is 5.79. The maximum Gasteiger partial charge on any atom is 0.372 e. The summed E-state index contributed by atoms with van der Waals surface area (Å²) in [4.78, 5) is 10.9. The smallest absolute Gasteiger partial charge is 0.372 e. The van der Waals surface area contributed by atoms with Gasteiger partial charge in [0.2, 0.25) is 5.76 Å². The largest absolute Gasteiger partial charge is 0.475 e. The van der Waals surface area contributed by atoms with Crippen molar-refractivity contribution >= 4 is 5.97 Å². The number of nitrogens with one attached hydrogen (secondary N) is 1. The average molecular weight is 265 g/mol. The Labute approximate surface area is 114 Å². The number of hydrogen-bond acceptors (Lipinski definition) is 3. The SMILES string of the molecule is Cc1cc(CNCC2CCC(C)CC2)oc1C(=O)O. The molecule has 1 aliphatic carbocycles. The fourth-order valence-electron chi connectivity index (χ4n) is 2.78. The molecule has 0 radical (unpaired) electrons. The summed E-state index contributed by atoms with van der Waals surface area (Å²) in [7, 11) is 0. The van der Waals surface area contributed by atoms with Crippen LogP contribution in [0, 0.1) is 18.8 Å². The van der Waals surface area contributed by atoms with Crippen molar-refractivity contribution in [2.24, 2.45) is 11.8 Å². The fraction of sp³-hybridized carbons (Fsp3) is 0.667. The van der Waals surface area contributed by atoms with Crippen LogP contribution in [0.4, 0.5) is 0 Å². The summed E-state index contributed by atoms with van der Waals surface area (Å²) in [6.07, 6.45) is 5.25. The molecule has 1 fully saturated rings. The quantitative estimate of drug-likeness (QED) is 0.858. The Morgan fingerprint density at radius 1 is 1.42 bits per heavy atom. The highest BCUT2D eigenvalue weighted by atomic mass is 16.4. The molecule has 0 aliphatic heterocycles. The lowest BCUT2D eigenvalue weighted by Gasteiger charge is -2.26. The van der Waals surface area contributed by atoms with Crippen LogP contribution in [-0.2, 0) is 6.54 Å². The van der Waals surface area contributed by atoms with Gasteiger partial charge in [0.05, 0.1) is 6.54 Å². The molecule has 4 nitrogen and oxygen atoms in total. The maximum atomic E-state index is 10.9. The van der Waals surface area contributed by atoms with Crippen LogP contribution < -0.4 is 5.32 Å². The van der Waals surface area contributed by atoms with Crippen molar-refractivity contribution in [3.05, 3.63) is 23.2 Å². The van der Waals surface area contributed by atoms with Crippen molar-refractivity contribution in [1.29, 1.82) is 0 Å². The maximum absolute atomic E-state index is 10.9. The molecule has 2 N–H and O–H groups in total. The Bertz CT molecular complexity index is 431. The lowest BCUT2D eigenvalue weighted by molar-refractivity contribution is 0.0659. The van der Waals surface area contributed by atoms with Crippen LogP contribution in [0.3, 0.4) is 0 Å². The van der Waals surface area contributed by atoms with Gasteiger partial charge in [-0.05, 0) is 44.2 Å². The lowest BCUT2D eigenvalue weighted by Crippen LogP contribution is -2.25. The van der Waals surface area contributed by atoms with Gasteiger partial charge in [0.15, 0.2) is 0 Å². The van der Waals surface area contributed by atoms with Crippen LogP contribution in [0.1, 0.15) is 54.5 Å². The third kappa shape index (κ3) is 3.83. The summed E-state index contributed by atoms with van der Waals surface area (Å²) in [5.74, 6) is 1.40. The van der Waals surface area contributed by atoms with Crippen molar-refractivity contribution in [3.8, 4) is 0 Å². The summed E-state index contributed by atoms with van der Waals surface area (Å²) < 4.78 is 5.32. The Kier molecular flexibility index (Phi) is 4.64. The summed E-state index contributed by atoms with van der Waals surface area (Å²) in [6.45, 7) is 5.69. The molecule has 2 rings (SSSR count). The van der Waals surface area contributed by atoms with Crippen molar-refractivity contribution < 1.29 is 14.3 Å². The van der Waals surface area contributed by atoms with E-state index in [9.17, 15) is 4.79 Å². The standard InChI is InChI=1S/C15H23NO3/c1-10-3-5-12(6-4-10)8-16-9-13-7-11(2)14(19-13)15(17)18/h7,10,12,16H,3-6,8-9H2,1-2H3,(H,17,18). The zero-order valence-corrected chi connectivity index (χ0v) is 11.7. The molecule has 1 saturated carbocycles. The Morgan fingerprint density at radius 3 is 2.68 bits per heavy atom. The highest BCUT2D eigenvalue weighted by Crippen LogP contribution is 2.27. The van der Waals surface area contributed by atoms with E-state index >= 15 is 0 Å². The second-order valence-corrected chi connectivity index (χ2v) is 5.79. The van der Waals surface area contributed by atoms with Crippen molar-refractivity contribution in [2.45, 2.75) is 46.1 Å². The molecule has 0 amide bonds. The molecule has 0 saturated heterocycles. The van der Waals surface area contributed by atoms with Gasteiger partial charge in [0, 0.05) is 5.56 Å². The summed E-state index contributed by atoms with van der Waals surface area (Å²) in [5.41, 5.74) is 0.691. The van der Waals surface area contributed by atoms with Gasteiger partial charge in [0.1, 0.15) is 5.76 Å². The average Bonchev–Trinajstić information content (AvgIpc) is 2.73. The molecule has 0 bridgehead atoms. The van der Waals surface area contributed by atoms with Gasteiger partial charge in [-0.3, -0.25) is 0 Å². The minimum atomic E-state index is -0.995. The number of aryl methyl sites for hydroxylation is 1. The van der Waals surface area contributed by atoms with Gasteiger partial charge in [-0.25, -0.2) is 4.79 Å². The monoisotopic (exact) mass is 265 g/mol. The second kappa shape index (κ2) is 6.24. The molecule has 1 aromatic rings. The van der Waals surface area contributed by atoms with E-state index in [0.29, 0.717) is 17.9 Å². The first-order chi connectivity index (χ1) is 9.06. The van der Waals surface area contributed by atoms with Gasteiger partial charge in [-0.1, -0.05) is 19.8 Å². The minimum Gasteiger partial charge on any atom is -0.475 e. The molecule has 1 aliphatic rings. The predicted molar refractivity (Wildman–Crippen MR) is 73.2 cm³/mol. The number of rotatable bonds is 5. The summed E-state index contributed by atoms with van der Waals surface area (Å²) in [6, 6.07) is 1.80. The number of carboxylic acid groups (broad SMARTS) is 1. The molecule has 19 heavy (non-hydrogen) atoms. The van der Waals surface area contributed by atoms with Crippen molar-refractivity contribution in [1.82, 2.24) is 5.32 Å². The molecule has 106 valence electrons. The minimum absolute atomic E-state index is 0.0586. The zero-order chi connectivity index (χ0) is 13.8. The normalized spacial score (nSPS) is 23.5. The van der Waals surface area contributed by atoms with Gasteiger partial charge in [-0.2, -0.15) is 0 Å². The molecule has 0 atom stereocenters. The van der Waals surface area contributed by atoms with Crippen LogP contribution >= 0.6 is 0 Å². The van der Waals surface area contributed by atoms with E-state index in [1.54, 1.807) is 13.0 Å². The third-order valence-corrected chi connectivity index (χ3v) is 4.03. The predicted octanol–water partition coefficient (Wildman–Crippen LogP) is 3.20. The van der Waals surface area contributed by atoms with Crippen LogP contribution in [0.2, 0.25) is 0 Å². The van der Waals surface area contributed by atoms with Gasteiger partial charge in [-0.15, -0.1) is 0 Å².